The number of ether oxygens (including phenoxy) is 2. The SMILES string of the molecule is CCC(N)Cc1ccc(OCC2CCOCC2)c(F)c1. The molecule has 20 heavy (non-hydrogen) atoms. The Morgan fingerprint density at radius 2 is 2.15 bits per heavy atom. The lowest BCUT2D eigenvalue weighted by Crippen LogP contribution is -2.22. The second kappa shape index (κ2) is 7.60. The van der Waals surface area contributed by atoms with E-state index < -0.39 is 0 Å². The topological polar surface area (TPSA) is 44.5 Å². The third-order valence-corrected chi connectivity index (χ3v) is 3.83. The molecular weight excluding hydrogens is 257 g/mol. The van der Waals surface area contributed by atoms with Crippen LogP contribution < -0.4 is 10.5 Å². The number of halogens is 1. The Hall–Kier alpha value is -1.13. The lowest BCUT2D eigenvalue weighted by Gasteiger charge is -2.22. The molecule has 1 aromatic carbocycles. The summed E-state index contributed by atoms with van der Waals surface area (Å²) in [5.74, 6) is 0.513. The Balaban J connectivity index is 1.88. The van der Waals surface area contributed by atoms with Crippen molar-refractivity contribution < 1.29 is 13.9 Å². The van der Waals surface area contributed by atoms with Crippen LogP contribution in [0.1, 0.15) is 31.7 Å². The fourth-order valence-corrected chi connectivity index (χ4v) is 2.36. The molecule has 112 valence electrons. The first kappa shape index (κ1) is 15.3. The van der Waals surface area contributed by atoms with E-state index in [0.29, 0.717) is 24.7 Å². The molecule has 0 spiro atoms. The fourth-order valence-electron chi connectivity index (χ4n) is 2.36. The zero-order valence-electron chi connectivity index (χ0n) is 12.1. The first-order chi connectivity index (χ1) is 9.69. The van der Waals surface area contributed by atoms with Crippen LogP contribution in [0.4, 0.5) is 4.39 Å². The van der Waals surface area contributed by atoms with Crippen LogP contribution in [-0.4, -0.2) is 25.9 Å². The van der Waals surface area contributed by atoms with Gasteiger partial charge in [0.1, 0.15) is 0 Å². The van der Waals surface area contributed by atoms with Crippen LogP contribution in [0, 0.1) is 11.7 Å². The van der Waals surface area contributed by atoms with E-state index in [9.17, 15) is 4.39 Å². The molecule has 3 nitrogen and oxygen atoms in total. The van der Waals surface area contributed by atoms with Crippen molar-refractivity contribution in [2.24, 2.45) is 11.7 Å². The molecule has 1 aliphatic heterocycles. The molecule has 0 aromatic heterocycles. The Kier molecular flexibility index (Phi) is 5.80. The maximum absolute atomic E-state index is 14.0. The van der Waals surface area contributed by atoms with Gasteiger partial charge in [0.05, 0.1) is 6.61 Å². The zero-order chi connectivity index (χ0) is 14.4. The van der Waals surface area contributed by atoms with Gasteiger partial charge in [-0.3, -0.25) is 0 Å². The minimum atomic E-state index is -0.294. The molecule has 0 radical (unpaired) electrons. The highest BCUT2D eigenvalue weighted by molar-refractivity contribution is 5.29. The standard InChI is InChI=1S/C16H24FNO2/c1-2-14(18)9-13-3-4-16(15(17)10-13)20-11-12-5-7-19-8-6-12/h3-4,10,12,14H,2,5-9,11,18H2,1H3. The third kappa shape index (κ3) is 4.46. The molecule has 1 aromatic rings. The minimum absolute atomic E-state index is 0.0865. The van der Waals surface area contributed by atoms with E-state index in [-0.39, 0.29) is 11.9 Å². The summed E-state index contributed by atoms with van der Waals surface area (Å²) in [5, 5.41) is 0. The lowest BCUT2D eigenvalue weighted by atomic mass is 10.0. The van der Waals surface area contributed by atoms with Gasteiger partial charge in [-0.1, -0.05) is 13.0 Å². The van der Waals surface area contributed by atoms with Gasteiger partial charge in [0.15, 0.2) is 11.6 Å². The second-order valence-corrected chi connectivity index (χ2v) is 5.50. The normalized spacial score (nSPS) is 17.9. The predicted octanol–water partition coefficient (Wildman–Crippen LogP) is 2.91. The van der Waals surface area contributed by atoms with Gasteiger partial charge < -0.3 is 15.2 Å². The summed E-state index contributed by atoms with van der Waals surface area (Å²) in [6, 6.07) is 5.24. The maximum Gasteiger partial charge on any atom is 0.165 e. The molecule has 2 N–H and O–H groups in total. The molecular formula is C16H24FNO2. The summed E-state index contributed by atoms with van der Waals surface area (Å²) in [5.41, 5.74) is 6.81. The van der Waals surface area contributed by atoms with Crippen LogP contribution >= 0.6 is 0 Å². The Labute approximate surface area is 120 Å². The largest absolute Gasteiger partial charge is 0.490 e. The van der Waals surface area contributed by atoms with E-state index in [4.69, 9.17) is 15.2 Å². The van der Waals surface area contributed by atoms with Crippen molar-refractivity contribution in [1.29, 1.82) is 0 Å². The quantitative estimate of drug-likeness (QED) is 0.872. The van der Waals surface area contributed by atoms with Gasteiger partial charge in [-0.25, -0.2) is 4.39 Å². The van der Waals surface area contributed by atoms with E-state index in [1.165, 1.54) is 6.07 Å². The van der Waals surface area contributed by atoms with E-state index in [1.807, 2.05) is 13.0 Å². The highest BCUT2D eigenvalue weighted by atomic mass is 19.1. The van der Waals surface area contributed by atoms with Gasteiger partial charge in [-0.05, 0) is 49.3 Å². The van der Waals surface area contributed by atoms with E-state index >= 15 is 0 Å². The predicted molar refractivity (Wildman–Crippen MR) is 77.4 cm³/mol. The van der Waals surface area contributed by atoms with Crippen LogP contribution in [0.2, 0.25) is 0 Å². The number of hydrogen-bond donors (Lipinski definition) is 1. The molecule has 0 saturated carbocycles. The van der Waals surface area contributed by atoms with Gasteiger partial charge >= 0.3 is 0 Å². The van der Waals surface area contributed by atoms with Crippen molar-refractivity contribution in [3.8, 4) is 5.75 Å². The van der Waals surface area contributed by atoms with Crippen LogP contribution in [-0.2, 0) is 11.2 Å². The summed E-state index contributed by atoms with van der Waals surface area (Å²) in [4.78, 5) is 0. The molecule has 1 saturated heterocycles. The van der Waals surface area contributed by atoms with Gasteiger partial charge in [0, 0.05) is 19.3 Å². The summed E-state index contributed by atoms with van der Waals surface area (Å²) >= 11 is 0. The molecule has 1 heterocycles. The van der Waals surface area contributed by atoms with Crippen LogP contribution in [0.3, 0.4) is 0 Å². The molecule has 2 rings (SSSR count). The van der Waals surface area contributed by atoms with E-state index in [2.05, 4.69) is 0 Å². The first-order valence-corrected chi connectivity index (χ1v) is 7.43. The third-order valence-electron chi connectivity index (χ3n) is 3.83. The number of benzene rings is 1. The van der Waals surface area contributed by atoms with Crippen molar-refractivity contribution in [2.75, 3.05) is 19.8 Å². The molecule has 0 aliphatic carbocycles. The van der Waals surface area contributed by atoms with Crippen molar-refractivity contribution in [3.63, 3.8) is 0 Å². The molecule has 4 heteroatoms. The fraction of sp³-hybridized carbons (Fsp3) is 0.625. The Morgan fingerprint density at radius 1 is 1.40 bits per heavy atom. The summed E-state index contributed by atoms with van der Waals surface area (Å²) < 4.78 is 24.9. The highest BCUT2D eigenvalue weighted by Gasteiger charge is 2.15. The first-order valence-electron chi connectivity index (χ1n) is 7.43. The van der Waals surface area contributed by atoms with Gasteiger partial charge in [0.2, 0.25) is 0 Å². The lowest BCUT2D eigenvalue weighted by molar-refractivity contribution is 0.0491. The monoisotopic (exact) mass is 281 g/mol. The van der Waals surface area contributed by atoms with Crippen LogP contribution in [0.15, 0.2) is 18.2 Å². The van der Waals surface area contributed by atoms with Crippen molar-refractivity contribution in [2.45, 2.75) is 38.6 Å². The van der Waals surface area contributed by atoms with Crippen molar-refractivity contribution in [3.05, 3.63) is 29.6 Å². The average Bonchev–Trinajstić information content (AvgIpc) is 2.47. The summed E-state index contributed by atoms with van der Waals surface area (Å²) in [7, 11) is 0. The van der Waals surface area contributed by atoms with Crippen LogP contribution in [0.25, 0.3) is 0 Å². The van der Waals surface area contributed by atoms with Crippen LogP contribution in [0.5, 0.6) is 5.75 Å². The Morgan fingerprint density at radius 3 is 2.80 bits per heavy atom. The van der Waals surface area contributed by atoms with E-state index in [1.54, 1.807) is 6.07 Å². The molecule has 0 amide bonds. The number of nitrogens with two attached hydrogens (primary N) is 1. The zero-order valence-corrected chi connectivity index (χ0v) is 12.1. The van der Waals surface area contributed by atoms with Crippen molar-refractivity contribution >= 4 is 0 Å². The summed E-state index contributed by atoms with van der Waals surface area (Å²) in [6.45, 7) is 4.16. The molecule has 1 fully saturated rings. The molecule has 1 unspecified atom stereocenters. The van der Waals surface area contributed by atoms with Crippen molar-refractivity contribution in [1.82, 2.24) is 0 Å². The van der Waals surface area contributed by atoms with Gasteiger partial charge in [-0.15, -0.1) is 0 Å². The Bertz CT molecular complexity index is 419. The smallest absolute Gasteiger partial charge is 0.165 e. The number of rotatable bonds is 6. The summed E-state index contributed by atoms with van der Waals surface area (Å²) in [6.07, 6.45) is 3.58. The molecule has 1 atom stereocenters. The minimum Gasteiger partial charge on any atom is -0.490 e. The van der Waals surface area contributed by atoms with Gasteiger partial charge in [-0.2, -0.15) is 0 Å². The van der Waals surface area contributed by atoms with E-state index in [0.717, 1.165) is 38.0 Å². The second-order valence-electron chi connectivity index (χ2n) is 5.50. The molecule has 0 bridgehead atoms. The highest BCUT2D eigenvalue weighted by Crippen LogP contribution is 2.22. The van der Waals surface area contributed by atoms with Gasteiger partial charge in [0.25, 0.3) is 0 Å². The number of hydrogen-bond acceptors (Lipinski definition) is 3. The molecule has 1 aliphatic rings. The average molecular weight is 281 g/mol. The maximum atomic E-state index is 14.0.